The number of nitrogens with one attached hydrogen (secondary N) is 1. The van der Waals surface area contributed by atoms with Crippen LogP contribution in [0.1, 0.15) is 15.9 Å². The van der Waals surface area contributed by atoms with Crippen LogP contribution in [0.4, 0.5) is 10.1 Å². The first kappa shape index (κ1) is 15.1. The number of benzene rings is 2. The van der Waals surface area contributed by atoms with Gasteiger partial charge in [-0.1, -0.05) is 17.7 Å². The second-order valence-electron chi connectivity index (χ2n) is 4.32. The van der Waals surface area contributed by atoms with Crippen LogP contribution in [0.5, 0.6) is 5.75 Å². The molecular weight excluding hydrogens is 297 g/mol. The van der Waals surface area contributed by atoms with Gasteiger partial charge in [-0.3, -0.25) is 0 Å². The highest BCUT2D eigenvalue weighted by molar-refractivity contribution is 6.32. The van der Waals surface area contributed by atoms with Crippen molar-refractivity contribution in [3.8, 4) is 5.75 Å². The van der Waals surface area contributed by atoms with Crippen LogP contribution in [-0.2, 0) is 11.3 Å². The maximum absolute atomic E-state index is 13.2. The van der Waals surface area contributed by atoms with Gasteiger partial charge < -0.3 is 15.2 Å². The van der Waals surface area contributed by atoms with Gasteiger partial charge in [0.15, 0.2) is 0 Å². The maximum atomic E-state index is 13.2. The van der Waals surface area contributed by atoms with Gasteiger partial charge in [-0.2, -0.15) is 0 Å². The van der Waals surface area contributed by atoms with E-state index in [-0.39, 0.29) is 16.3 Å². The van der Waals surface area contributed by atoms with Gasteiger partial charge in [0.1, 0.15) is 11.6 Å². The lowest BCUT2D eigenvalue weighted by Gasteiger charge is -2.11. The summed E-state index contributed by atoms with van der Waals surface area (Å²) in [5, 5.41) is 12.6. The molecular formula is C15H13ClFNO3. The lowest BCUT2D eigenvalue weighted by molar-refractivity contribution is 0.0601. The van der Waals surface area contributed by atoms with Crippen molar-refractivity contribution >= 4 is 23.3 Å². The standard InChI is InChI=1S/C15H13ClFNO3/c1-21-15(20)11-7-10(17)3-4-13(11)18-8-9-2-5-14(19)12(16)6-9/h2-7,18-19H,8H2,1H3. The monoisotopic (exact) mass is 309 g/mol. The van der Waals surface area contributed by atoms with Crippen molar-refractivity contribution < 1.29 is 19.0 Å². The van der Waals surface area contributed by atoms with E-state index >= 15 is 0 Å². The number of carbonyl (C=O) groups excluding carboxylic acids is 1. The van der Waals surface area contributed by atoms with Gasteiger partial charge in [-0.15, -0.1) is 0 Å². The maximum Gasteiger partial charge on any atom is 0.340 e. The Hall–Kier alpha value is -2.27. The molecule has 0 aliphatic heterocycles. The summed E-state index contributed by atoms with van der Waals surface area (Å²) in [5.74, 6) is -1.15. The zero-order valence-electron chi connectivity index (χ0n) is 11.2. The molecule has 110 valence electrons. The Morgan fingerprint density at radius 2 is 2.10 bits per heavy atom. The minimum Gasteiger partial charge on any atom is -0.506 e. The Morgan fingerprint density at radius 3 is 2.76 bits per heavy atom. The van der Waals surface area contributed by atoms with Crippen LogP contribution in [0.15, 0.2) is 36.4 Å². The van der Waals surface area contributed by atoms with Gasteiger partial charge in [0.05, 0.1) is 17.7 Å². The number of esters is 1. The second-order valence-corrected chi connectivity index (χ2v) is 4.73. The van der Waals surface area contributed by atoms with Crippen molar-refractivity contribution in [1.82, 2.24) is 0 Å². The molecule has 6 heteroatoms. The highest BCUT2D eigenvalue weighted by Crippen LogP contribution is 2.25. The molecule has 0 aliphatic carbocycles. The van der Waals surface area contributed by atoms with E-state index < -0.39 is 11.8 Å². The molecule has 4 nitrogen and oxygen atoms in total. The highest BCUT2D eigenvalue weighted by Gasteiger charge is 2.13. The summed E-state index contributed by atoms with van der Waals surface area (Å²) in [6.45, 7) is 0.357. The second kappa shape index (κ2) is 6.45. The van der Waals surface area contributed by atoms with E-state index in [9.17, 15) is 14.3 Å². The van der Waals surface area contributed by atoms with Crippen LogP contribution < -0.4 is 5.32 Å². The normalized spacial score (nSPS) is 10.2. The fourth-order valence-corrected chi connectivity index (χ4v) is 2.01. The third kappa shape index (κ3) is 3.64. The molecule has 21 heavy (non-hydrogen) atoms. The van der Waals surface area contributed by atoms with E-state index in [4.69, 9.17) is 11.6 Å². The van der Waals surface area contributed by atoms with E-state index in [1.165, 1.54) is 25.3 Å². The summed E-state index contributed by atoms with van der Waals surface area (Å²) in [6.07, 6.45) is 0. The van der Waals surface area contributed by atoms with E-state index in [1.807, 2.05) is 0 Å². The molecule has 0 bridgehead atoms. The van der Waals surface area contributed by atoms with Gasteiger partial charge in [0, 0.05) is 12.2 Å². The summed E-state index contributed by atoms with van der Waals surface area (Å²) in [5.41, 5.74) is 1.37. The quantitative estimate of drug-likeness (QED) is 0.848. The smallest absolute Gasteiger partial charge is 0.340 e. The molecule has 0 aliphatic rings. The number of anilines is 1. The first-order valence-electron chi connectivity index (χ1n) is 6.10. The lowest BCUT2D eigenvalue weighted by Crippen LogP contribution is -2.08. The SMILES string of the molecule is COC(=O)c1cc(F)ccc1NCc1ccc(O)c(Cl)c1. The number of ether oxygens (including phenoxy) is 1. The van der Waals surface area contributed by atoms with Gasteiger partial charge in [-0.25, -0.2) is 9.18 Å². The van der Waals surface area contributed by atoms with Gasteiger partial charge in [-0.05, 0) is 35.9 Å². The average molecular weight is 310 g/mol. The molecule has 0 unspecified atom stereocenters. The number of carbonyl (C=O) groups is 1. The van der Waals surface area contributed by atoms with Gasteiger partial charge in [0.2, 0.25) is 0 Å². The first-order valence-corrected chi connectivity index (χ1v) is 6.48. The number of phenolic OH excluding ortho intramolecular Hbond substituents is 1. The molecule has 0 spiro atoms. The van der Waals surface area contributed by atoms with E-state index in [0.29, 0.717) is 12.2 Å². The van der Waals surface area contributed by atoms with Crippen LogP contribution in [0.2, 0.25) is 5.02 Å². The highest BCUT2D eigenvalue weighted by atomic mass is 35.5. The molecule has 0 atom stereocenters. The van der Waals surface area contributed by atoms with Crippen molar-refractivity contribution in [2.24, 2.45) is 0 Å². The van der Waals surface area contributed by atoms with Crippen molar-refractivity contribution in [3.05, 3.63) is 58.4 Å². The number of hydrogen-bond donors (Lipinski definition) is 2. The first-order chi connectivity index (χ1) is 10.0. The molecule has 2 aromatic rings. The van der Waals surface area contributed by atoms with Crippen LogP contribution in [0.25, 0.3) is 0 Å². The number of aromatic hydroxyl groups is 1. The number of methoxy groups -OCH3 is 1. The molecule has 0 radical (unpaired) electrons. The van der Waals surface area contributed by atoms with Crippen molar-refractivity contribution in [1.29, 1.82) is 0 Å². The Morgan fingerprint density at radius 1 is 1.33 bits per heavy atom. The zero-order chi connectivity index (χ0) is 15.4. The third-order valence-electron chi connectivity index (χ3n) is 2.88. The Bertz CT molecular complexity index is 676. The van der Waals surface area contributed by atoms with E-state index in [1.54, 1.807) is 12.1 Å². The minimum atomic E-state index is -0.624. The third-order valence-corrected chi connectivity index (χ3v) is 3.18. The van der Waals surface area contributed by atoms with E-state index in [0.717, 1.165) is 11.6 Å². The fraction of sp³-hybridized carbons (Fsp3) is 0.133. The fourth-order valence-electron chi connectivity index (χ4n) is 1.81. The summed E-state index contributed by atoms with van der Waals surface area (Å²) in [4.78, 5) is 11.6. The molecule has 0 amide bonds. The zero-order valence-corrected chi connectivity index (χ0v) is 11.9. The molecule has 0 aromatic heterocycles. The number of hydrogen-bond acceptors (Lipinski definition) is 4. The molecule has 0 saturated carbocycles. The van der Waals surface area contributed by atoms with Crippen LogP contribution >= 0.6 is 11.6 Å². The van der Waals surface area contributed by atoms with Crippen LogP contribution in [0, 0.1) is 5.82 Å². The van der Waals surface area contributed by atoms with Crippen LogP contribution in [-0.4, -0.2) is 18.2 Å². The lowest BCUT2D eigenvalue weighted by atomic mass is 10.1. The Balaban J connectivity index is 2.19. The van der Waals surface area contributed by atoms with Crippen molar-refractivity contribution in [3.63, 3.8) is 0 Å². The number of phenols is 1. The molecule has 0 heterocycles. The number of rotatable bonds is 4. The molecule has 2 aromatic carbocycles. The Kier molecular flexibility index (Phi) is 4.65. The van der Waals surface area contributed by atoms with Crippen LogP contribution in [0.3, 0.4) is 0 Å². The summed E-state index contributed by atoms with van der Waals surface area (Å²) < 4.78 is 17.8. The predicted octanol–water partition coefficient (Wildman–Crippen LogP) is 3.58. The van der Waals surface area contributed by atoms with Crippen molar-refractivity contribution in [2.45, 2.75) is 6.54 Å². The largest absolute Gasteiger partial charge is 0.506 e. The average Bonchev–Trinajstić information content (AvgIpc) is 2.48. The molecule has 0 saturated heterocycles. The predicted molar refractivity (Wildman–Crippen MR) is 78.2 cm³/mol. The number of halogens is 2. The summed E-state index contributed by atoms with van der Waals surface area (Å²) in [7, 11) is 1.23. The van der Waals surface area contributed by atoms with Crippen molar-refractivity contribution in [2.75, 3.05) is 12.4 Å². The van der Waals surface area contributed by atoms with E-state index in [2.05, 4.69) is 10.1 Å². The molecule has 2 N–H and O–H groups in total. The minimum absolute atomic E-state index is 0.00236. The topological polar surface area (TPSA) is 58.6 Å². The summed E-state index contributed by atoms with van der Waals surface area (Å²) in [6, 6.07) is 8.59. The Labute approximate surface area is 126 Å². The van der Waals surface area contributed by atoms with Gasteiger partial charge in [0.25, 0.3) is 0 Å². The molecule has 2 rings (SSSR count). The summed E-state index contributed by atoms with van der Waals surface area (Å²) >= 11 is 5.82. The van der Waals surface area contributed by atoms with Gasteiger partial charge >= 0.3 is 5.97 Å². The molecule has 0 fully saturated rings.